The molecular weight excluding hydrogens is 340 g/mol. The van der Waals surface area contributed by atoms with Crippen molar-refractivity contribution in [2.75, 3.05) is 0 Å². The second kappa shape index (κ2) is 5.48. The zero-order valence-corrected chi connectivity index (χ0v) is 14.5. The van der Waals surface area contributed by atoms with Crippen LogP contribution in [0.1, 0.15) is 32.6 Å². The molecule has 2 amide bonds. The Labute approximate surface area is 131 Å². The summed E-state index contributed by atoms with van der Waals surface area (Å²) in [6.45, 7) is 8.17. The quantitative estimate of drug-likeness (QED) is 0.883. The topological polar surface area (TPSA) is 49.4 Å². The van der Waals surface area contributed by atoms with Crippen LogP contribution in [-0.4, -0.2) is 28.8 Å². The van der Waals surface area contributed by atoms with Crippen LogP contribution >= 0.6 is 27.3 Å². The lowest BCUT2D eigenvalue weighted by molar-refractivity contribution is -0.154. The zero-order chi connectivity index (χ0) is 15.1. The molecule has 2 unspecified atom stereocenters. The summed E-state index contributed by atoms with van der Waals surface area (Å²) in [4.78, 5) is 27.5. The molecule has 20 heavy (non-hydrogen) atoms. The lowest BCUT2D eigenvalue weighted by atomic mass is 9.83. The minimum absolute atomic E-state index is 0.0194. The molecule has 2 heterocycles. The van der Waals surface area contributed by atoms with E-state index < -0.39 is 12.1 Å². The number of rotatable bonds is 2. The molecule has 1 saturated heterocycles. The maximum Gasteiger partial charge on any atom is 0.245 e. The molecule has 0 aliphatic carbocycles. The van der Waals surface area contributed by atoms with Crippen molar-refractivity contribution in [3.05, 3.63) is 20.8 Å². The first-order valence-corrected chi connectivity index (χ1v) is 8.21. The molecular formula is C14H19BrN2O2S. The van der Waals surface area contributed by atoms with Gasteiger partial charge in [-0.1, -0.05) is 20.8 Å². The van der Waals surface area contributed by atoms with Gasteiger partial charge in [0, 0.05) is 14.7 Å². The Kier molecular flexibility index (Phi) is 4.25. The van der Waals surface area contributed by atoms with Crippen LogP contribution in [0.25, 0.3) is 0 Å². The summed E-state index contributed by atoms with van der Waals surface area (Å²) >= 11 is 5.01. The summed E-state index contributed by atoms with van der Waals surface area (Å²) < 4.78 is 1.01. The van der Waals surface area contributed by atoms with E-state index >= 15 is 0 Å². The van der Waals surface area contributed by atoms with Crippen LogP contribution in [0.3, 0.4) is 0 Å². The summed E-state index contributed by atoms with van der Waals surface area (Å²) in [6, 6.07) is 1.10. The van der Waals surface area contributed by atoms with Gasteiger partial charge >= 0.3 is 0 Å². The van der Waals surface area contributed by atoms with Crippen LogP contribution < -0.4 is 5.32 Å². The van der Waals surface area contributed by atoms with Gasteiger partial charge in [0.1, 0.15) is 12.1 Å². The van der Waals surface area contributed by atoms with Crippen molar-refractivity contribution in [2.24, 2.45) is 5.41 Å². The van der Waals surface area contributed by atoms with E-state index in [2.05, 4.69) is 21.2 Å². The standard InChI is InChI=1S/C14H19BrN2O2S/c1-8-13(19)17(6-10-5-9(15)7-20-10)11(12(18)16-8)14(2,3)4/h5,7-8,11H,6H2,1-4H3,(H,16,18). The fraction of sp³-hybridized carbons (Fsp3) is 0.571. The summed E-state index contributed by atoms with van der Waals surface area (Å²) in [5, 5.41) is 4.76. The first-order valence-electron chi connectivity index (χ1n) is 6.54. The largest absolute Gasteiger partial charge is 0.343 e. The Morgan fingerprint density at radius 1 is 1.40 bits per heavy atom. The number of thiophene rings is 1. The molecule has 0 aromatic carbocycles. The predicted octanol–water partition coefficient (Wildman–Crippen LogP) is 2.77. The third-order valence-corrected chi connectivity index (χ3v) is 5.02. The van der Waals surface area contributed by atoms with Gasteiger partial charge < -0.3 is 10.2 Å². The summed E-state index contributed by atoms with van der Waals surface area (Å²) in [5.74, 6) is -0.0886. The Morgan fingerprint density at radius 3 is 2.55 bits per heavy atom. The van der Waals surface area contributed by atoms with Gasteiger partial charge in [-0.15, -0.1) is 11.3 Å². The van der Waals surface area contributed by atoms with Crippen LogP contribution in [-0.2, 0) is 16.1 Å². The number of carbonyl (C=O) groups is 2. The Hall–Kier alpha value is -0.880. The number of amides is 2. The fourth-order valence-corrected chi connectivity index (χ4v) is 3.96. The average molecular weight is 359 g/mol. The molecule has 0 radical (unpaired) electrons. The number of halogens is 1. The lowest BCUT2D eigenvalue weighted by Crippen LogP contribution is -2.65. The molecule has 6 heteroatoms. The van der Waals surface area contributed by atoms with E-state index in [1.54, 1.807) is 23.2 Å². The van der Waals surface area contributed by atoms with Gasteiger partial charge in [0.25, 0.3) is 0 Å². The second-order valence-corrected chi connectivity index (χ2v) is 8.11. The maximum atomic E-state index is 12.4. The normalized spacial score (nSPS) is 23.9. The monoisotopic (exact) mass is 358 g/mol. The zero-order valence-electron chi connectivity index (χ0n) is 12.1. The van der Waals surface area contributed by atoms with Gasteiger partial charge in [-0.25, -0.2) is 0 Å². The van der Waals surface area contributed by atoms with Crippen molar-refractivity contribution >= 4 is 39.1 Å². The van der Waals surface area contributed by atoms with Crippen molar-refractivity contribution in [3.8, 4) is 0 Å². The molecule has 1 aromatic heterocycles. The van der Waals surface area contributed by atoms with E-state index in [-0.39, 0.29) is 17.2 Å². The molecule has 0 spiro atoms. The summed E-state index contributed by atoms with van der Waals surface area (Å²) in [5.41, 5.74) is -0.297. The summed E-state index contributed by atoms with van der Waals surface area (Å²) in [7, 11) is 0. The first kappa shape index (κ1) is 15.5. The van der Waals surface area contributed by atoms with Gasteiger partial charge in [-0.05, 0) is 34.3 Å². The van der Waals surface area contributed by atoms with Crippen molar-refractivity contribution in [1.29, 1.82) is 0 Å². The number of nitrogens with zero attached hydrogens (tertiary/aromatic N) is 1. The summed E-state index contributed by atoms with van der Waals surface area (Å²) in [6.07, 6.45) is 0. The first-order chi connectivity index (χ1) is 9.20. The van der Waals surface area contributed by atoms with Gasteiger partial charge in [0.2, 0.25) is 11.8 Å². The van der Waals surface area contributed by atoms with E-state index in [9.17, 15) is 9.59 Å². The van der Waals surface area contributed by atoms with Gasteiger partial charge in [0.05, 0.1) is 6.54 Å². The van der Waals surface area contributed by atoms with Crippen molar-refractivity contribution < 1.29 is 9.59 Å². The minimum atomic E-state index is -0.454. The van der Waals surface area contributed by atoms with E-state index in [0.29, 0.717) is 6.54 Å². The maximum absolute atomic E-state index is 12.4. The number of carbonyl (C=O) groups excluding carboxylic acids is 2. The van der Waals surface area contributed by atoms with Crippen LogP contribution in [0.2, 0.25) is 0 Å². The highest BCUT2D eigenvalue weighted by atomic mass is 79.9. The number of hydrogen-bond acceptors (Lipinski definition) is 3. The highest BCUT2D eigenvalue weighted by molar-refractivity contribution is 9.10. The third-order valence-electron chi connectivity index (χ3n) is 3.34. The second-order valence-electron chi connectivity index (χ2n) is 6.20. The van der Waals surface area contributed by atoms with Crippen molar-refractivity contribution in [2.45, 2.75) is 46.3 Å². The number of piperazine rings is 1. The molecule has 2 rings (SSSR count). The van der Waals surface area contributed by atoms with Gasteiger partial charge in [-0.3, -0.25) is 9.59 Å². The molecule has 1 aromatic rings. The van der Waals surface area contributed by atoms with Crippen LogP contribution in [0.4, 0.5) is 0 Å². The highest BCUT2D eigenvalue weighted by Crippen LogP contribution is 2.30. The molecule has 1 fully saturated rings. The molecule has 1 aliphatic heterocycles. The SMILES string of the molecule is CC1NC(=O)C(C(C)(C)C)N(Cc2cc(Br)cs2)C1=O. The molecule has 2 atom stereocenters. The van der Waals surface area contributed by atoms with Gasteiger partial charge in [0.15, 0.2) is 0 Å². The van der Waals surface area contributed by atoms with Crippen LogP contribution in [0.15, 0.2) is 15.9 Å². The number of nitrogens with one attached hydrogen (secondary N) is 1. The molecule has 110 valence electrons. The molecule has 0 bridgehead atoms. The molecule has 4 nitrogen and oxygen atoms in total. The van der Waals surface area contributed by atoms with Crippen LogP contribution in [0, 0.1) is 5.41 Å². The van der Waals surface area contributed by atoms with Crippen LogP contribution in [0.5, 0.6) is 0 Å². The molecule has 1 aliphatic rings. The van der Waals surface area contributed by atoms with E-state index in [1.165, 1.54) is 0 Å². The average Bonchev–Trinajstić information content (AvgIpc) is 2.69. The smallest absolute Gasteiger partial charge is 0.245 e. The van der Waals surface area contributed by atoms with E-state index in [1.807, 2.05) is 32.2 Å². The fourth-order valence-electron chi connectivity index (χ4n) is 2.51. The molecule has 0 saturated carbocycles. The molecule has 1 N–H and O–H groups in total. The third kappa shape index (κ3) is 3.06. The predicted molar refractivity (Wildman–Crippen MR) is 83.4 cm³/mol. The van der Waals surface area contributed by atoms with E-state index in [0.717, 1.165) is 9.35 Å². The Morgan fingerprint density at radius 2 is 2.05 bits per heavy atom. The Balaban J connectivity index is 2.32. The number of hydrogen-bond donors (Lipinski definition) is 1. The van der Waals surface area contributed by atoms with Gasteiger partial charge in [-0.2, -0.15) is 0 Å². The van der Waals surface area contributed by atoms with Crippen molar-refractivity contribution in [3.63, 3.8) is 0 Å². The minimum Gasteiger partial charge on any atom is -0.343 e. The lowest BCUT2D eigenvalue weighted by Gasteiger charge is -2.43. The van der Waals surface area contributed by atoms with Crippen molar-refractivity contribution in [1.82, 2.24) is 10.2 Å². The van der Waals surface area contributed by atoms with E-state index in [4.69, 9.17) is 0 Å². The highest BCUT2D eigenvalue weighted by Gasteiger charge is 2.44. The Bertz CT molecular complexity index is 536.